The fourth-order valence-electron chi connectivity index (χ4n) is 1.15. The summed E-state index contributed by atoms with van der Waals surface area (Å²) in [5.74, 6) is 0.500. The van der Waals surface area contributed by atoms with E-state index in [9.17, 15) is 5.11 Å². The van der Waals surface area contributed by atoms with Gasteiger partial charge in [0.25, 0.3) is 5.78 Å². The van der Waals surface area contributed by atoms with E-state index >= 15 is 0 Å². The number of fused-ring (bicyclic) bond motifs is 1. The van der Waals surface area contributed by atoms with Crippen LogP contribution < -0.4 is 0 Å². The summed E-state index contributed by atoms with van der Waals surface area (Å²) in [6.45, 7) is 3.37. The van der Waals surface area contributed by atoms with E-state index in [0.29, 0.717) is 11.5 Å². The third-order valence-corrected chi connectivity index (χ3v) is 1.79. The second-order valence-corrected chi connectivity index (χ2v) is 3.36. The smallest absolute Gasteiger partial charge is 0.250 e. The summed E-state index contributed by atoms with van der Waals surface area (Å²) in [4.78, 5) is 8.01. The molecule has 68 valence electrons. The molecular weight excluding hydrogens is 168 g/mol. The highest BCUT2D eigenvalue weighted by molar-refractivity contribution is 5.29. The fourth-order valence-corrected chi connectivity index (χ4v) is 1.15. The van der Waals surface area contributed by atoms with Crippen LogP contribution in [-0.4, -0.2) is 24.7 Å². The lowest BCUT2D eigenvalue weighted by molar-refractivity contribution is 0.0718. The van der Waals surface area contributed by atoms with E-state index in [1.54, 1.807) is 32.4 Å². The molecule has 0 fully saturated rings. The minimum absolute atomic E-state index is 0.500. The number of aliphatic hydroxyl groups is 1. The summed E-state index contributed by atoms with van der Waals surface area (Å²) in [7, 11) is 0. The van der Waals surface area contributed by atoms with Gasteiger partial charge < -0.3 is 5.11 Å². The molecule has 2 heterocycles. The highest BCUT2D eigenvalue weighted by atomic mass is 16.3. The summed E-state index contributed by atoms with van der Waals surface area (Å²) in [5.41, 5.74) is -0.314. The van der Waals surface area contributed by atoms with Gasteiger partial charge in [0.2, 0.25) is 0 Å². The normalized spacial score (nSPS) is 12.2. The molecule has 0 unspecified atom stereocenters. The molecule has 0 radical (unpaired) electrons. The molecular formula is C8H10N4O. The molecule has 0 saturated heterocycles. The molecule has 0 bridgehead atoms. The number of imidazole rings is 1. The molecule has 0 atom stereocenters. The van der Waals surface area contributed by atoms with E-state index in [1.807, 2.05) is 0 Å². The average Bonchev–Trinajstić information content (AvgIpc) is 2.45. The molecule has 2 aromatic rings. The maximum Gasteiger partial charge on any atom is 0.250 e. The largest absolute Gasteiger partial charge is 0.384 e. The number of nitrogens with zero attached hydrogens (tertiary/aromatic N) is 4. The first-order valence-corrected chi connectivity index (χ1v) is 3.96. The van der Waals surface area contributed by atoms with Gasteiger partial charge in [-0.2, -0.15) is 9.61 Å². The molecule has 2 aromatic heterocycles. The predicted molar refractivity (Wildman–Crippen MR) is 46.0 cm³/mol. The fraction of sp³-hybridized carbons (Fsp3) is 0.375. The van der Waals surface area contributed by atoms with Crippen molar-refractivity contribution in [3.63, 3.8) is 0 Å². The minimum atomic E-state index is -0.949. The molecule has 1 N–H and O–H groups in total. The van der Waals surface area contributed by atoms with Crippen LogP contribution >= 0.6 is 0 Å². The number of rotatable bonds is 1. The van der Waals surface area contributed by atoms with Crippen LogP contribution in [0.2, 0.25) is 0 Å². The molecule has 5 nitrogen and oxygen atoms in total. The minimum Gasteiger partial charge on any atom is -0.384 e. The molecule has 0 aromatic carbocycles. The Labute approximate surface area is 75.1 Å². The van der Waals surface area contributed by atoms with E-state index in [0.717, 1.165) is 0 Å². The van der Waals surface area contributed by atoms with E-state index in [2.05, 4.69) is 15.1 Å². The Morgan fingerprint density at radius 3 is 2.77 bits per heavy atom. The zero-order chi connectivity index (χ0) is 9.47. The first-order chi connectivity index (χ1) is 6.09. The molecule has 5 heteroatoms. The number of hydrogen-bond acceptors (Lipinski definition) is 4. The Balaban J connectivity index is 2.72. The lowest BCUT2D eigenvalue weighted by atomic mass is 10.1. The van der Waals surface area contributed by atoms with Gasteiger partial charge in [-0.15, -0.1) is 0 Å². The third-order valence-electron chi connectivity index (χ3n) is 1.79. The Hall–Kier alpha value is -1.49. The summed E-state index contributed by atoms with van der Waals surface area (Å²) in [6.07, 6.45) is 4.70. The van der Waals surface area contributed by atoms with Crippen molar-refractivity contribution in [3.05, 3.63) is 24.3 Å². The summed E-state index contributed by atoms with van der Waals surface area (Å²) < 4.78 is 1.53. The van der Waals surface area contributed by atoms with Gasteiger partial charge in [0.05, 0.1) is 24.3 Å². The predicted octanol–water partition coefficient (Wildman–Crippen LogP) is 0.352. The van der Waals surface area contributed by atoms with Gasteiger partial charge in [-0.25, -0.2) is 9.97 Å². The molecule has 2 rings (SSSR count). The molecule has 0 spiro atoms. The van der Waals surface area contributed by atoms with Crippen LogP contribution in [0.3, 0.4) is 0 Å². The van der Waals surface area contributed by atoms with Crippen molar-refractivity contribution in [3.8, 4) is 0 Å². The van der Waals surface area contributed by atoms with Crippen LogP contribution in [0.4, 0.5) is 0 Å². The molecule has 13 heavy (non-hydrogen) atoms. The molecule has 0 aliphatic heterocycles. The van der Waals surface area contributed by atoms with Gasteiger partial charge in [0.15, 0.2) is 0 Å². The maximum absolute atomic E-state index is 9.75. The number of hydrogen-bond donors (Lipinski definition) is 1. The standard InChI is InChI=1S/C8H10N4O/c1-8(2,13)6-5-10-7-9-3-4-11-12(6)7/h3-5,13H,1-2H3. The Morgan fingerprint density at radius 2 is 2.08 bits per heavy atom. The van der Waals surface area contributed by atoms with Gasteiger partial charge in [-0.3, -0.25) is 0 Å². The number of aromatic nitrogens is 4. The van der Waals surface area contributed by atoms with Crippen molar-refractivity contribution in [1.82, 2.24) is 19.6 Å². The van der Waals surface area contributed by atoms with Gasteiger partial charge in [-0.1, -0.05) is 0 Å². The topological polar surface area (TPSA) is 63.3 Å². The zero-order valence-electron chi connectivity index (χ0n) is 7.47. The van der Waals surface area contributed by atoms with Gasteiger partial charge in [0.1, 0.15) is 5.60 Å². The molecule has 0 amide bonds. The maximum atomic E-state index is 9.75. The lowest BCUT2D eigenvalue weighted by Crippen LogP contribution is -2.19. The van der Waals surface area contributed by atoms with E-state index < -0.39 is 5.60 Å². The van der Waals surface area contributed by atoms with Gasteiger partial charge in [0, 0.05) is 0 Å². The molecule has 0 saturated carbocycles. The molecule has 0 aliphatic carbocycles. The highest BCUT2D eigenvalue weighted by Gasteiger charge is 2.21. The monoisotopic (exact) mass is 178 g/mol. The van der Waals surface area contributed by atoms with Crippen LogP contribution in [0.5, 0.6) is 0 Å². The van der Waals surface area contributed by atoms with Crippen molar-refractivity contribution in [2.75, 3.05) is 0 Å². The SMILES string of the molecule is CC(C)(O)c1cnc2nccnn12. The summed E-state index contributed by atoms with van der Waals surface area (Å²) in [5, 5.41) is 13.8. The van der Waals surface area contributed by atoms with Crippen LogP contribution in [0.1, 0.15) is 19.5 Å². The average molecular weight is 178 g/mol. The zero-order valence-corrected chi connectivity index (χ0v) is 7.47. The van der Waals surface area contributed by atoms with Gasteiger partial charge >= 0.3 is 0 Å². The quantitative estimate of drug-likeness (QED) is 0.684. The summed E-state index contributed by atoms with van der Waals surface area (Å²) >= 11 is 0. The van der Waals surface area contributed by atoms with Crippen molar-refractivity contribution < 1.29 is 5.11 Å². The third kappa shape index (κ3) is 1.27. The Kier molecular flexibility index (Phi) is 1.56. The second kappa shape index (κ2) is 2.50. The van der Waals surface area contributed by atoms with Crippen molar-refractivity contribution >= 4 is 5.78 Å². The first-order valence-electron chi connectivity index (χ1n) is 3.96. The van der Waals surface area contributed by atoms with Crippen LogP contribution in [0.15, 0.2) is 18.6 Å². The van der Waals surface area contributed by atoms with E-state index in [4.69, 9.17) is 0 Å². The van der Waals surface area contributed by atoms with E-state index in [-0.39, 0.29) is 0 Å². The Bertz CT molecular complexity index is 429. The molecule has 0 aliphatic rings. The lowest BCUT2D eigenvalue weighted by Gasteiger charge is -2.14. The first kappa shape index (κ1) is 8.12. The van der Waals surface area contributed by atoms with E-state index in [1.165, 1.54) is 4.52 Å². The van der Waals surface area contributed by atoms with Crippen molar-refractivity contribution in [2.24, 2.45) is 0 Å². The second-order valence-electron chi connectivity index (χ2n) is 3.36. The van der Waals surface area contributed by atoms with Crippen LogP contribution in [0, 0.1) is 0 Å². The van der Waals surface area contributed by atoms with Crippen LogP contribution in [0.25, 0.3) is 5.78 Å². The van der Waals surface area contributed by atoms with Crippen LogP contribution in [-0.2, 0) is 5.60 Å². The van der Waals surface area contributed by atoms with Crippen molar-refractivity contribution in [2.45, 2.75) is 19.4 Å². The summed E-state index contributed by atoms with van der Waals surface area (Å²) in [6, 6.07) is 0. The highest BCUT2D eigenvalue weighted by Crippen LogP contribution is 2.18. The Morgan fingerprint density at radius 1 is 1.31 bits per heavy atom. The van der Waals surface area contributed by atoms with Crippen molar-refractivity contribution in [1.29, 1.82) is 0 Å². The van der Waals surface area contributed by atoms with Gasteiger partial charge in [-0.05, 0) is 13.8 Å².